The molecule has 1 aliphatic rings. The Morgan fingerprint density at radius 3 is 2.43 bits per heavy atom. The lowest BCUT2D eigenvalue weighted by atomic mass is 10.0. The van der Waals surface area contributed by atoms with E-state index in [0.717, 1.165) is 16.9 Å². The highest BCUT2D eigenvalue weighted by molar-refractivity contribution is 5.71. The van der Waals surface area contributed by atoms with E-state index in [-0.39, 0.29) is 12.6 Å². The number of aliphatic hydroxyl groups is 1. The minimum absolute atomic E-state index is 0.204. The van der Waals surface area contributed by atoms with Crippen molar-refractivity contribution in [2.24, 2.45) is 0 Å². The van der Waals surface area contributed by atoms with Crippen molar-refractivity contribution in [1.82, 2.24) is 4.90 Å². The van der Waals surface area contributed by atoms with Gasteiger partial charge >= 0.3 is 6.09 Å². The molecule has 1 saturated heterocycles. The molecule has 3 rings (SSSR count). The lowest BCUT2D eigenvalue weighted by Gasteiger charge is -2.24. The molecule has 0 saturated carbocycles. The summed E-state index contributed by atoms with van der Waals surface area (Å²) in [5.74, 6) is 0.769. The number of aliphatic hydroxyl groups excluding tert-OH is 1. The molecule has 5 nitrogen and oxygen atoms in total. The molecule has 1 amide bonds. The van der Waals surface area contributed by atoms with Gasteiger partial charge in [0.15, 0.2) is 6.10 Å². The van der Waals surface area contributed by atoms with Crippen molar-refractivity contribution >= 4 is 6.09 Å². The maximum Gasteiger partial charge on any atom is 0.411 e. The van der Waals surface area contributed by atoms with Crippen LogP contribution in [0.5, 0.6) is 5.75 Å². The number of benzene rings is 2. The van der Waals surface area contributed by atoms with Crippen molar-refractivity contribution in [3.05, 3.63) is 65.7 Å². The van der Waals surface area contributed by atoms with Crippen molar-refractivity contribution < 1.29 is 19.4 Å². The Morgan fingerprint density at radius 1 is 1.13 bits per heavy atom. The van der Waals surface area contributed by atoms with Crippen LogP contribution in [0.25, 0.3) is 0 Å². The largest absolute Gasteiger partial charge is 0.497 e. The van der Waals surface area contributed by atoms with Gasteiger partial charge in [0.05, 0.1) is 13.7 Å². The van der Waals surface area contributed by atoms with Gasteiger partial charge in [0, 0.05) is 6.54 Å². The third-order valence-corrected chi connectivity index (χ3v) is 4.01. The fourth-order valence-electron chi connectivity index (χ4n) is 2.85. The summed E-state index contributed by atoms with van der Waals surface area (Å²) < 4.78 is 10.5. The van der Waals surface area contributed by atoms with Gasteiger partial charge in [0.1, 0.15) is 11.8 Å². The zero-order valence-corrected chi connectivity index (χ0v) is 12.9. The standard InChI is InChI=1S/C18H19NO4/c1-22-15-9-7-13(8-10-15)11-19-17(14-5-3-2-4-6-14)16(12-20)23-18(19)21/h2-10,16-17,20H,11-12H2,1H3/t16-,17+/m0/s1. The fourth-order valence-corrected chi connectivity index (χ4v) is 2.85. The monoisotopic (exact) mass is 313 g/mol. The molecule has 2 aromatic rings. The number of carbonyl (C=O) groups is 1. The molecule has 1 aliphatic heterocycles. The van der Waals surface area contributed by atoms with Crippen molar-refractivity contribution in [2.75, 3.05) is 13.7 Å². The lowest BCUT2D eigenvalue weighted by molar-refractivity contribution is 0.0827. The Bertz CT molecular complexity index is 656. The summed E-state index contributed by atoms with van der Waals surface area (Å²) in [4.78, 5) is 13.9. The van der Waals surface area contributed by atoms with E-state index in [1.165, 1.54) is 0 Å². The predicted molar refractivity (Wildman–Crippen MR) is 85.1 cm³/mol. The summed E-state index contributed by atoms with van der Waals surface area (Å²) in [7, 11) is 1.62. The van der Waals surface area contributed by atoms with Gasteiger partial charge in [-0.2, -0.15) is 0 Å². The molecule has 1 N–H and O–H groups in total. The topological polar surface area (TPSA) is 59.0 Å². The van der Waals surface area contributed by atoms with Crippen LogP contribution in [0.15, 0.2) is 54.6 Å². The molecule has 1 fully saturated rings. The number of hydrogen-bond acceptors (Lipinski definition) is 4. The first kappa shape index (κ1) is 15.4. The highest BCUT2D eigenvalue weighted by Crippen LogP contribution is 2.34. The fraction of sp³-hybridized carbons (Fsp3) is 0.278. The zero-order valence-electron chi connectivity index (χ0n) is 12.9. The normalized spacial score (nSPS) is 20.4. The summed E-state index contributed by atoms with van der Waals surface area (Å²) in [5, 5.41) is 9.55. The van der Waals surface area contributed by atoms with Gasteiger partial charge < -0.3 is 14.6 Å². The number of amides is 1. The van der Waals surface area contributed by atoms with Gasteiger partial charge in [-0.15, -0.1) is 0 Å². The zero-order chi connectivity index (χ0) is 16.2. The van der Waals surface area contributed by atoms with E-state index in [1.54, 1.807) is 12.0 Å². The van der Waals surface area contributed by atoms with Crippen LogP contribution in [0.3, 0.4) is 0 Å². The van der Waals surface area contributed by atoms with Crippen LogP contribution in [0.1, 0.15) is 17.2 Å². The van der Waals surface area contributed by atoms with Crippen LogP contribution in [0, 0.1) is 0 Å². The minimum Gasteiger partial charge on any atom is -0.497 e. The predicted octanol–water partition coefficient (Wildman–Crippen LogP) is 2.75. The maximum absolute atomic E-state index is 12.2. The molecule has 2 aromatic carbocycles. The highest BCUT2D eigenvalue weighted by Gasteiger charge is 2.42. The number of methoxy groups -OCH3 is 1. The van der Waals surface area contributed by atoms with Crippen LogP contribution in [0.4, 0.5) is 4.79 Å². The van der Waals surface area contributed by atoms with E-state index in [0.29, 0.717) is 6.54 Å². The third-order valence-electron chi connectivity index (χ3n) is 4.01. The first-order chi connectivity index (χ1) is 11.2. The molecular formula is C18H19NO4. The summed E-state index contributed by atoms with van der Waals surface area (Å²) >= 11 is 0. The number of nitrogens with zero attached hydrogens (tertiary/aromatic N) is 1. The number of ether oxygens (including phenoxy) is 2. The lowest BCUT2D eigenvalue weighted by Crippen LogP contribution is -2.30. The minimum atomic E-state index is -0.553. The number of rotatable bonds is 5. The average molecular weight is 313 g/mol. The van der Waals surface area contributed by atoms with E-state index in [4.69, 9.17) is 9.47 Å². The highest BCUT2D eigenvalue weighted by atomic mass is 16.6. The van der Waals surface area contributed by atoms with E-state index in [1.807, 2.05) is 54.6 Å². The molecule has 0 aromatic heterocycles. The average Bonchev–Trinajstić information content (AvgIpc) is 2.92. The van der Waals surface area contributed by atoms with Gasteiger partial charge in [-0.05, 0) is 23.3 Å². The van der Waals surface area contributed by atoms with Crippen LogP contribution < -0.4 is 4.74 Å². The quantitative estimate of drug-likeness (QED) is 0.922. The van der Waals surface area contributed by atoms with Gasteiger partial charge in [-0.25, -0.2) is 4.79 Å². The van der Waals surface area contributed by atoms with Crippen LogP contribution in [-0.2, 0) is 11.3 Å². The number of carbonyl (C=O) groups excluding carboxylic acids is 1. The SMILES string of the molecule is COc1ccc(CN2C(=O)O[C@@H](CO)[C@H]2c2ccccc2)cc1. The van der Waals surface area contributed by atoms with Gasteiger partial charge in [-0.1, -0.05) is 42.5 Å². The Labute approximate surface area is 135 Å². The third kappa shape index (κ3) is 3.14. The van der Waals surface area contributed by atoms with Gasteiger partial charge in [0.2, 0.25) is 0 Å². The van der Waals surface area contributed by atoms with Gasteiger partial charge in [0.25, 0.3) is 0 Å². The van der Waals surface area contributed by atoms with E-state index in [9.17, 15) is 9.90 Å². The van der Waals surface area contributed by atoms with Crippen LogP contribution >= 0.6 is 0 Å². The van der Waals surface area contributed by atoms with Crippen molar-refractivity contribution in [1.29, 1.82) is 0 Å². The van der Waals surface area contributed by atoms with Gasteiger partial charge in [-0.3, -0.25) is 4.90 Å². The molecule has 0 aliphatic carbocycles. The first-order valence-corrected chi connectivity index (χ1v) is 7.49. The summed E-state index contributed by atoms with van der Waals surface area (Å²) in [5.41, 5.74) is 1.92. The molecule has 1 heterocycles. The summed E-state index contributed by atoms with van der Waals surface area (Å²) in [6.07, 6.45) is -0.961. The molecule has 0 spiro atoms. The Balaban J connectivity index is 1.86. The van der Waals surface area contributed by atoms with Crippen molar-refractivity contribution in [3.8, 4) is 5.75 Å². The number of cyclic esters (lactones) is 1. The molecule has 120 valence electrons. The van der Waals surface area contributed by atoms with Crippen molar-refractivity contribution in [2.45, 2.75) is 18.7 Å². The maximum atomic E-state index is 12.2. The molecule has 0 bridgehead atoms. The summed E-state index contributed by atoms with van der Waals surface area (Å²) in [6.45, 7) is 0.212. The Morgan fingerprint density at radius 2 is 1.83 bits per heavy atom. The van der Waals surface area contributed by atoms with Crippen molar-refractivity contribution in [3.63, 3.8) is 0 Å². The molecule has 0 radical (unpaired) electrons. The number of hydrogen-bond donors (Lipinski definition) is 1. The van der Waals surface area contributed by atoms with Crippen LogP contribution in [-0.4, -0.2) is 35.9 Å². The molecule has 5 heteroatoms. The van der Waals surface area contributed by atoms with Crippen LogP contribution in [0.2, 0.25) is 0 Å². The summed E-state index contributed by atoms with van der Waals surface area (Å²) in [6, 6.07) is 16.9. The second-order valence-corrected chi connectivity index (χ2v) is 5.44. The Kier molecular flexibility index (Phi) is 4.48. The van der Waals surface area contributed by atoms with E-state index >= 15 is 0 Å². The molecule has 0 unspecified atom stereocenters. The first-order valence-electron chi connectivity index (χ1n) is 7.49. The molecular weight excluding hydrogens is 294 g/mol. The van der Waals surface area contributed by atoms with E-state index in [2.05, 4.69) is 0 Å². The second kappa shape index (κ2) is 6.71. The van der Waals surface area contributed by atoms with E-state index < -0.39 is 12.2 Å². The Hall–Kier alpha value is -2.53. The second-order valence-electron chi connectivity index (χ2n) is 5.44. The molecule has 23 heavy (non-hydrogen) atoms. The molecule has 2 atom stereocenters. The smallest absolute Gasteiger partial charge is 0.411 e.